The number of rotatable bonds is 3. The molecular formula is C22H33NO5. The molecule has 0 radical (unpaired) electrons. The molecule has 156 valence electrons. The number of carbonyl (C=O) groups excluding carboxylic acids is 3. The summed E-state index contributed by atoms with van der Waals surface area (Å²) in [4.78, 5) is 40.7. The Balaban J connectivity index is 1.86. The minimum atomic E-state index is -0.738. The summed E-state index contributed by atoms with van der Waals surface area (Å²) in [5, 5.41) is 0. The maximum atomic E-state index is 13.3. The van der Waals surface area contributed by atoms with Gasteiger partial charge in [-0.1, -0.05) is 12.2 Å². The van der Waals surface area contributed by atoms with Crippen molar-refractivity contribution in [1.82, 2.24) is 4.90 Å². The summed E-state index contributed by atoms with van der Waals surface area (Å²) < 4.78 is 10.8. The van der Waals surface area contributed by atoms with Crippen LogP contribution >= 0.6 is 0 Å². The normalized spacial score (nSPS) is 37.6. The van der Waals surface area contributed by atoms with Crippen molar-refractivity contribution in [3.8, 4) is 0 Å². The molecule has 0 aromatic rings. The first-order valence-corrected chi connectivity index (χ1v) is 10.6. The number of hydrogen-bond donors (Lipinski definition) is 0. The number of hydrogen-bond acceptors (Lipinski definition) is 5. The molecule has 2 fully saturated rings. The molecule has 2 aliphatic carbocycles. The Bertz CT molecular complexity index is 645. The topological polar surface area (TPSA) is 72.9 Å². The number of fused-ring (bicyclic) bond motifs is 2. The van der Waals surface area contributed by atoms with Gasteiger partial charge in [0.1, 0.15) is 5.78 Å². The van der Waals surface area contributed by atoms with Gasteiger partial charge in [0.15, 0.2) is 0 Å². The number of ether oxygens (including phenoxy) is 2. The Morgan fingerprint density at radius 3 is 2.71 bits per heavy atom. The third-order valence-corrected chi connectivity index (χ3v) is 6.75. The van der Waals surface area contributed by atoms with Gasteiger partial charge in [-0.2, -0.15) is 0 Å². The highest BCUT2D eigenvalue weighted by Crippen LogP contribution is 2.58. The third-order valence-electron chi connectivity index (χ3n) is 6.75. The Morgan fingerprint density at radius 1 is 1.25 bits per heavy atom. The van der Waals surface area contributed by atoms with Gasteiger partial charge in [-0.25, -0.2) is 0 Å². The van der Waals surface area contributed by atoms with Crippen LogP contribution < -0.4 is 0 Å². The van der Waals surface area contributed by atoms with Gasteiger partial charge in [-0.05, 0) is 51.4 Å². The molecule has 0 unspecified atom stereocenters. The van der Waals surface area contributed by atoms with E-state index in [1.165, 1.54) is 0 Å². The Kier molecular flexibility index (Phi) is 6.58. The molecule has 1 amide bonds. The zero-order chi connectivity index (χ0) is 20.3. The summed E-state index contributed by atoms with van der Waals surface area (Å²) in [5.41, 5.74) is -0.738. The van der Waals surface area contributed by atoms with Gasteiger partial charge in [0.25, 0.3) is 0 Å². The van der Waals surface area contributed by atoms with E-state index in [-0.39, 0.29) is 47.9 Å². The first-order valence-electron chi connectivity index (χ1n) is 10.6. The molecule has 1 aliphatic heterocycles. The zero-order valence-corrected chi connectivity index (χ0v) is 17.3. The van der Waals surface area contributed by atoms with Gasteiger partial charge in [0.05, 0.1) is 24.0 Å². The van der Waals surface area contributed by atoms with E-state index < -0.39 is 5.41 Å². The lowest BCUT2D eigenvalue weighted by Crippen LogP contribution is -2.38. The maximum absolute atomic E-state index is 13.3. The number of esters is 1. The standard InChI is InChI=1S/C22H33NO5/c1-4-28-21(26)22-13-15(22)9-7-5-6-8-10-23(2)20(25)18-12-16(27-3)11-17(18)19(24)14-22/h7,9,15-18H,4-6,8,10-14H2,1-3H3/b9-7-/t15-,16-,17-,18-,22-/m1/s1. The maximum Gasteiger partial charge on any atom is 0.313 e. The minimum absolute atomic E-state index is 0.00677. The fraction of sp³-hybridized carbons (Fsp3) is 0.773. The summed E-state index contributed by atoms with van der Waals surface area (Å²) in [6, 6.07) is 0. The molecule has 3 aliphatic rings. The SMILES string of the molecule is CCOC(=O)[C@]12CC(=O)[C@@H]3C[C@@H](OC)C[C@H]3C(=O)N(C)CCCC/C=C\[C@@H]1C2. The summed E-state index contributed by atoms with van der Waals surface area (Å²) in [6.45, 7) is 2.81. The van der Waals surface area contributed by atoms with E-state index in [4.69, 9.17) is 9.47 Å². The molecule has 0 bridgehead atoms. The molecule has 2 saturated carbocycles. The predicted molar refractivity (Wildman–Crippen MR) is 104 cm³/mol. The van der Waals surface area contributed by atoms with E-state index in [9.17, 15) is 14.4 Å². The van der Waals surface area contributed by atoms with Crippen LogP contribution in [0, 0.1) is 23.2 Å². The summed E-state index contributed by atoms with van der Waals surface area (Å²) in [6.07, 6.45) is 8.93. The van der Waals surface area contributed by atoms with Crippen molar-refractivity contribution >= 4 is 17.7 Å². The average molecular weight is 392 g/mol. The number of methoxy groups -OCH3 is 1. The summed E-state index contributed by atoms with van der Waals surface area (Å²) >= 11 is 0. The van der Waals surface area contributed by atoms with Crippen molar-refractivity contribution < 1.29 is 23.9 Å². The second-order valence-electron chi connectivity index (χ2n) is 8.56. The van der Waals surface area contributed by atoms with Crippen LogP contribution in [0.3, 0.4) is 0 Å². The molecule has 0 saturated heterocycles. The Hall–Kier alpha value is -1.69. The van der Waals surface area contributed by atoms with E-state index in [1.807, 2.05) is 7.05 Å². The fourth-order valence-electron chi connectivity index (χ4n) is 4.89. The molecule has 0 N–H and O–H groups in total. The number of nitrogens with zero attached hydrogens (tertiary/aromatic N) is 1. The molecule has 6 nitrogen and oxygen atoms in total. The van der Waals surface area contributed by atoms with E-state index in [0.29, 0.717) is 32.4 Å². The number of amides is 1. The van der Waals surface area contributed by atoms with Crippen molar-refractivity contribution in [2.75, 3.05) is 27.3 Å². The van der Waals surface area contributed by atoms with Crippen LogP contribution in [0.5, 0.6) is 0 Å². The van der Waals surface area contributed by atoms with Gasteiger partial charge in [-0.3, -0.25) is 14.4 Å². The number of allylic oxidation sites excluding steroid dienone is 2. The van der Waals surface area contributed by atoms with Crippen LogP contribution in [-0.2, 0) is 23.9 Å². The molecular weight excluding hydrogens is 358 g/mol. The fourth-order valence-corrected chi connectivity index (χ4v) is 4.89. The molecule has 1 heterocycles. The van der Waals surface area contributed by atoms with Gasteiger partial charge < -0.3 is 14.4 Å². The van der Waals surface area contributed by atoms with Crippen molar-refractivity contribution in [3.05, 3.63) is 12.2 Å². The number of ketones is 1. The highest BCUT2D eigenvalue weighted by Gasteiger charge is 2.61. The third kappa shape index (κ3) is 4.17. The lowest BCUT2D eigenvalue weighted by Gasteiger charge is -2.25. The first-order chi connectivity index (χ1) is 13.4. The molecule has 6 heteroatoms. The lowest BCUT2D eigenvalue weighted by molar-refractivity contribution is -0.152. The highest BCUT2D eigenvalue weighted by atomic mass is 16.5. The van der Waals surface area contributed by atoms with Crippen LogP contribution in [0.1, 0.15) is 51.9 Å². The van der Waals surface area contributed by atoms with E-state index in [2.05, 4.69) is 12.2 Å². The second-order valence-corrected chi connectivity index (χ2v) is 8.56. The minimum Gasteiger partial charge on any atom is -0.466 e. The van der Waals surface area contributed by atoms with Crippen molar-refractivity contribution in [1.29, 1.82) is 0 Å². The quantitative estimate of drug-likeness (QED) is 0.546. The summed E-state index contributed by atoms with van der Waals surface area (Å²) in [5.74, 6) is -0.895. The van der Waals surface area contributed by atoms with Crippen LogP contribution in [0.2, 0.25) is 0 Å². The predicted octanol–water partition coefficient (Wildman–Crippen LogP) is 2.75. The Labute approximate surface area is 167 Å². The van der Waals surface area contributed by atoms with Crippen LogP contribution in [0.25, 0.3) is 0 Å². The molecule has 0 aromatic heterocycles. The van der Waals surface area contributed by atoms with E-state index in [0.717, 1.165) is 19.3 Å². The van der Waals surface area contributed by atoms with Crippen molar-refractivity contribution in [2.45, 2.75) is 58.0 Å². The van der Waals surface area contributed by atoms with Crippen molar-refractivity contribution in [3.63, 3.8) is 0 Å². The van der Waals surface area contributed by atoms with Gasteiger partial charge in [0.2, 0.25) is 5.91 Å². The lowest BCUT2D eigenvalue weighted by atomic mass is 9.84. The van der Waals surface area contributed by atoms with Crippen LogP contribution in [-0.4, -0.2) is 56.0 Å². The van der Waals surface area contributed by atoms with Gasteiger partial charge in [-0.15, -0.1) is 0 Å². The van der Waals surface area contributed by atoms with Gasteiger partial charge >= 0.3 is 5.97 Å². The van der Waals surface area contributed by atoms with Crippen molar-refractivity contribution in [2.24, 2.45) is 23.2 Å². The molecule has 28 heavy (non-hydrogen) atoms. The largest absolute Gasteiger partial charge is 0.466 e. The van der Waals surface area contributed by atoms with E-state index in [1.54, 1.807) is 18.9 Å². The monoisotopic (exact) mass is 391 g/mol. The smallest absolute Gasteiger partial charge is 0.313 e. The number of Topliss-reactive ketones (excluding diaryl/α,β-unsaturated/α-hetero) is 1. The van der Waals surface area contributed by atoms with Crippen LogP contribution in [0.15, 0.2) is 12.2 Å². The Morgan fingerprint density at radius 2 is 2.00 bits per heavy atom. The highest BCUT2D eigenvalue weighted by molar-refractivity contribution is 5.94. The second kappa shape index (κ2) is 8.76. The molecule has 0 spiro atoms. The molecule has 3 rings (SSSR count). The van der Waals surface area contributed by atoms with Gasteiger partial charge in [0, 0.05) is 33.0 Å². The van der Waals surface area contributed by atoms with Crippen LogP contribution in [0.4, 0.5) is 0 Å². The van der Waals surface area contributed by atoms with E-state index >= 15 is 0 Å². The summed E-state index contributed by atoms with van der Waals surface area (Å²) in [7, 11) is 3.45. The average Bonchev–Trinajstić information content (AvgIpc) is 3.19. The first kappa shape index (κ1) is 21.0. The number of carbonyl (C=O) groups is 3. The molecule has 0 aromatic carbocycles. The molecule has 5 atom stereocenters. The zero-order valence-electron chi connectivity index (χ0n) is 17.3.